The fourth-order valence-electron chi connectivity index (χ4n) is 8.16. The molecule has 0 N–H and O–H groups in total. The van der Waals surface area contributed by atoms with Crippen molar-refractivity contribution in [3.8, 4) is 44.5 Å². The van der Waals surface area contributed by atoms with E-state index in [1.807, 2.05) is 0 Å². The minimum Gasteiger partial charge on any atom is -0.0836 e. The zero-order valence-electron chi connectivity index (χ0n) is 27.7. The quantitative estimate of drug-likeness (QED) is 0.169. The summed E-state index contributed by atoms with van der Waals surface area (Å²) in [5.74, 6) is 0. The molecule has 0 bridgehead atoms. The first-order valence-corrected chi connectivity index (χ1v) is 17.6. The van der Waals surface area contributed by atoms with Crippen LogP contribution in [0.4, 0.5) is 0 Å². The molecule has 0 spiro atoms. The van der Waals surface area contributed by atoms with E-state index in [9.17, 15) is 0 Å². The van der Waals surface area contributed by atoms with E-state index in [-0.39, 0.29) is 0 Å². The monoisotopic (exact) mass is 634 g/mol. The lowest BCUT2D eigenvalue weighted by atomic mass is 9.85. The van der Waals surface area contributed by atoms with E-state index < -0.39 is 0 Å². The van der Waals surface area contributed by atoms with Crippen molar-refractivity contribution >= 4 is 49.2 Å². The van der Waals surface area contributed by atoms with E-state index >= 15 is 0 Å². The van der Waals surface area contributed by atoms with Crippen molar-refractivity contribution in [3.63, 3.8) is 0 Å². The summed E-state index contributed by atoms with van der Waals surface area (Å²) in [6.45, 7) is 0. The molecule has 0 amide bonds. The van der Waals surface area contributed by atoms with Crippen LogP contribution >= 0.6 is 0 Å². The van der Waals surface area contributed by atoms with E-state index in [4.69, 9.17) is 0 Å². The zero-order chi connectivity index (χ0) is 33.0. The van der Waals surface area contributed by atoms with Crippen molar-refractivity contribution in [1.82, 2.24) is 0 Å². The molecule has 9 aromatic carbocycles. The van der Waals surface area contributed by atoms with Gasteiger partial charge in [-0.3, -0.25) is 0 Å². The van der Waals surface area contributed by atoms with E-state index in [1.165, 1.54) is 98.7 Å². The highest BCUT2D eigenvalue weighted by atomic mass is 14.2. The summed E-state index contributed by atoms with van der Waals surface area (Å²) in [5.41, 5.74) is 12.9. The lowest BCUT2D eigenvalue weighted by Gasteiger charge is -2.18. The lowest BCUT2D eigenvalue weighted by Crippen LogP contribution is -1.94. The Morgan fingerprint density at radius 3 is 1.46 bits per heavy atom. The van der Waals surface area contributed by atoms with Gasteiger partial charge in [0.25, 0.3) is 0 Å². The largest absolute Gasteiger partial charge is 0.0836 e. The van der Waals surface area contributed by atoms with Gasteiger partial charge in [0.15, 0.2) is 0 Å². The molecule has 0 heteroatoms. The lowest BCUT2D eigenvalue weighted by molar-refractivity contribution is 0.986. The van der Waals surface area contributed by atoms with Gasteiger partial charge in [-0.25, -0.2) is 0 Å². The number of rotatable bonds is 4. The maximum Gasteiger partial charge on any atom is -0.00262 e. The van der Waals surface area contributed by atoms with Gasteiger partial charge in [-0.1, -0.05) is 152 Å². The van der Waals surface area contributed by atoms with Crippen molar-refractivity contribution in [2.45, 2.75) is 12.8 Å². The molecule has 0 radical (unpaired) electrons. The fraction of sp³-hybridized carbons (Fsp3) is 0.0400. The molecule has 0 atom stereocenters. The molecule has 1 aliphatic carbocycles. The van der Waals surface area contributed by atoms with Crippen LogP contribution in [-0.4, -0.2) is 0 Å². The van der Waals surface area contributed by atoms with Crippen LogP contribution in [0.3, 0.4) is 0 Å². The number of benzene rings is 9. The molecule has 0 fully saturated rings. The van der Waals surface area contributed by atoms with Gasteiger partial charge in [0.2, 0.25) is 0 Å². The highest BCUT2D eigenvalue weighted by molar-refractivity contribution is 6.21. The molecule has 0 saturated heterocycles. The van der Waals surface area contributed by atoms with E-state index in [2.05, 4.69) is 182 Å². The van der Waals surface area contributed by atoms with Gasteiger partial charge < -0.3 is 0 Å². The third-order valence-corrected chi connectivity index (χ3v) is 10.7. The predicted octanol–water partition coefficient (Wildman–Crippen LogP) is 13.9. The standard InChI is InChI=1S/C50H34/c1-3-12-35-28-39(22-20-33(35)10-1)41-26-25-40-29-38(23-24-42(40)30-41)37-14-9-15-43(32-37)49-45-16-5-7-18-47(45)50(48-19-8-6-17-46(48)49)44-27-21-34-11-2-4-13-36(34)31-44/h2-9,11-32H,1,10H2. The first-order chi connectivity index (χ1) is 24.8. The van der Waals surface area contributed by atoms with Crippen LogP contribution in [-0.2, 0) is 6.42 Å². The average molecular weight is 635 g/mol. The summed E-state index contributed by atoms with van der Waals surface area (Å²) in [6.07, 6.45) is 6.83. The summed E-state index contributed by atoms with van der Waals surface area (Å²) < 4.78 is 0. The number of aryl methyl sites for hydroxylation is 1. The second kappa shape index (κ2) is 11.7. The number of fused-ring (bicyclic) bond motifs is 5. The van der Waals surface area contributed by atoms with Gasteiger partial charge in [-0.15, -0.1) is 0 Å². The van der Waals surface area contributed by atoms with E-state index in [0.717, 1.165) is 12.8 Å². The van der Waals surface area contributed by atoms with Crippen LogP contribution in [0.1, 0.15) is 17.5 Å². The maximum atomic E-state index is 2.38. The molecule has 9 aromatic rings. The van der Waals surface area contributed by atoms with Crippen LogP contribution in [0.15, 0.2) is 176 Å². The Kier molecular flexibility index (Phi) is 6.74. The first-order valence-electron chi connectivity index (χ1n) is 17.6. The Bertz CT molecular complexity index is 2760. The summed E-state index contributed by atoms with van der Waals surface area (Å²) in [7, 11) is 0. The third-order valence-electron chi connectivity index (χ3n) is 10.7. The Hall–Kier alpha value is -6.24. The molecule has 0 aromatic heterocycles. The normalized spacial score (nSPS) is 12.6. The molecular weight excluding hydrogens is 601 g/mol. The maximum absolute atomic E-state index is 2.38. The molecule has 50 heavy (non-hydrogen) atoms. The molecule has 0 saturated carbocycles. The molecule has 1 aliphatic rings. The van der Waals surface area contributed by atoms with Crippen LogP contribution in [0.2, 0.25) is 0 Å². The Morgan fingerprint density at radius 1 is 0.320 bits per heavy atom. The summed E-state index contributed by atoms with van der Waals surface area (Å²) in [5, 5.41) is 10.1. The molecular formula is C50H34. The van der Waals surface area contributed by atoms with Gasteiger partial charge in [-0.2, -0.15) is 0 Å². The number of allylic oxidation sites excluding steroid dienone is 1. The third kappa shape index (κ3) is 4.84. The van der Waals surface area contributed by atoms with Crippen molar-refractivity contribution in [2.24, 2.45) is 0 Å². The minimum absolute atomic E-state index is 1.14. The SMILES string of the molecule is C1=Cc2cc(-c3ccc4cc(-c5cccc(-c6c7ccccc7c(-c7ccc8ccccc8c7)c7ccccc67)c5)ccc4c3)ccc2CC1. The average Bonchev–Trinajstić information content (AvgIpc) is 3.19. The van der Waals surface area contributed by atoms with Gasteiger partial charge in [0.05, 0.1) is 0 Å². The molecule has 10 rings (SSSR count). The van der Waals surface area contributed by atoms with Crippen LogP contribution in [0, 0.1) is 0 Å². The summed E-state index contributed by atoms with van der Waals surface area (Å²) in [4.78, 5) is 0. The molecule has 0 heterocycles. The molecule has 0 aliphatic heterocycles. The topological polar surface area (TPSA) is 0 Å². The Balaban J connectivity index is 1.08. The van der Waals surface area contributed by atoms with Gasteiger partial charge in [-0.05, 0) is 142 Å². The van der Waals surface area contributed by atoms with Crippen LogP contribution < -0.4 is 0 Å². The van der Waals surface area contributed by atoms with E-state index in [1.54, 1.807) is 0 Å². The molecule has 0 nitrogen and oxygen atoms in total. The van der Waals surface area contributed by atoms with Crippen LogP contribution in [0.5, 0.6) is 0 Å². The van der Waals surface area contributed by atoms with Crippen molar-refractivity contribution in [2.75, 3.05) is 0 Å². The highest BCUT2D eigenvalue weighted by Crippen LogP contribution is 2.44. The van der Waals surface area contributed by atoms with Crippen molar-refractivity contribution < 1.29 is 0 Å². The smallest absolute Gasteiger partial charge is 0.00262 e. The van der Waals surface area contributed by atoms with Crippen molar-refractivity contribution in [1.29, 1.82) is 0 Å². The Morgan fingerprint density at radius 2 is 0.780 bits per heavy atom. The summed E-state index contributed by atoms with van der Waals surface area (Å²) >= 11 is 0. The van der Waals surface area contributed by atoms with Gasteiger partial charge >= 0.3 is 0 Å². The van der Waals surface area contributed by atoms with E-state index in [0.29, 0.717) is 0 Å². The highest BCUT2D eigenvalue weighted by Gasteiger charge is 2.17. The Labute approximate surface area is 292 Å². The van der Waals surface area contributed by atoms with Crippen molar-refractivity contribution in [3.05, 3.63) is 187 Å². The zero-order valence-corrected chi connectivity index (χ0v) is 27.7. The van der Waals surface area contributed by atoms with Gasteiger partial charge in [0.1, 0.15) is 0 Å². The first kappa shape index (κ1) is 28.7. The van der Waals surface area contributed by atoms with Gasteiger partial charge in [0, 0.05) is 0 Å². The number of hydrogen-bond acceptors (Lipinski definition) is 0. The van der Waals surface area contributed by atoms with Crippen LogP contribution in [0.25, 0.3) is 93.7 Å². The fourth-order valence-corrected chi connectivity index (χ4v) is 8.16. The number of hydrogen-bond donors (Lipinski definition) is 0. The predicted molar refractivity (Wildman–Crippen MR) is 216 cm³/mol. The second-order valence-electron chi connectivity index (χ2n) is 13.6. The molecule has 0 unspecified atom stereocenters. The summed E-state index contributed by atoms with van der Waals surface area (Å²) in [6, 6.07) is 63.2. The molecule has 234 valence electrons. The minimum atomic E-state index is 1.14. The second-order valence-corrected chi connectivity index (χ2v) is 13.6.